The molecule has 0 N–H and O–H groups in total. The first kappa shape index (κ1) is 9.51. The van der Waals surface area contributed by atoms with Gasteiger partial charge in [-0.25, -0.2) is 0 Å². The van der Waals surface area contributed by atoms with Crippen LogP contribution in [0.15, 0.2) is 0 Å². The van der Waals surface area contributed by atoms with Crippen molar-refractivity contribution in [1.82, 2.24) is 4.90 Å². The van der Waals surface area contributed by atoms with Crippen LogP contribution in [0.4, 0.5) is 0 Å². The lowest BCUT2D eigenvalue weighted by Crippen LogP contribution is -2.23. The molecule has 2 aliphatic rings. The fourth-order valence-electron chi connectivity index (χ4n) is 2.85. The Bertz CT molecular complexity index is 132. The summed E-state index contributed by atoms with van der Waals surface area (Å²) in [6.07, 6.45) is 11.9. The fraction of sp³-hybridized carbons (Fsp3) is 1.00. The van der Waals surface area contributed by atoms with E-state index in [0.717, 1.165) is 5.92 Å². The lowest BCUT2D eigenvalue weighted by Gasteiger charge is -2.24. The van der Waals surface area contributed by atoms with Crippen LogP contribution < -0.4 is 0 Å². The summed E-state index contributed by atoms with van der Waals surface area (Å²) in [7, 11) is 0. The molecular formula is C12H23N. The van der Waals surface area contributed by atoms with E-state index in [-0.39, 0.29) is 0 Å². The van der Waals surface area contributed by atoms with E-state index >= 15 is 0 Å². The van der Waals surface area contributed by atoms with Crippen LogP contribution in [-0.4, -0.2) is 24.5 Å². The second-order valence-corrected chi connectivity index (χ2v) is 4.84. The van der Waals surface area contributed by atoms with Crippen LogP contribution in [-0.2, 0) is 0 Å². The summed E-state index contributed by atoms with van der Waals surface area (Å²) < 4.78 is 0. The average Bonchev–Trinajstić information content (AvgIpc) is 2.69. The van der Waals surface area contributed by atoms with E-state index in [1.807, 2.05) is 0 Å². The Labute approximate surface area is 82.5 Å². The van der Waals surface area contributed by atoms with Gasteiger partial charge in [-0.05, 0) is 44.8 Å². The molecule has 0 bridgehead atoms. The van der Waals surface area contributed by atoms with E-state index in [0.29, 0.717) is 0 Å². The summed E-state index contributed by atoms with van der Waals surface area (Å²) in [6.45, 7) is 4.16. The summed E-state index contributed by atoms with van der Waals surface area (Å²) in [5.74, 6) is 1.08. The van der Waals surface area contributed by atoms with E-state index < -0.39 is 0 Å². The van der Waals surface area contributed by atoms with Gasteiger partial charge in [0.15, 0.2) is 0 Å². The van der Waals surface area contributed by atoms with E-state index in [1.165, 1.54) is 71.0 Å². The highest BCUT2D eigenvalue weighted by atomic mass is 15.1. The van der Waals surface area contributed by atoms with E-state index in [2.05, 4.69) is 4.90 Å². The first-order valence-electron chi connectivity index (χ1n) is 6.17. The van der Waals surface area contributed by atoms with Gasteiger partial charge in [0, 0.05) is 0 Å². The fourth-order valence-corrected chi connectivity index (χ4v) is 2.85. The van der Waals surface area contributed by atoms with Crippen molar-refractivity contribution in [2.75, 3.05) is 19.6 Å². The second-order valence-electron chi connectivity index (χ2n) is 4.84. The molecule has 1 heteroatoms. The van der Waals surface area contributed by atoms with Gasteiger partial charge in [0.1, 0.15) is 0 Å². The van der Waals surface area contributed by atoms with Gasteiger partial charge in [-0.2, -0.15) is 0 Å². The predicted molar refractivity (Wildman–Crippen MR) is 56.9 cm³/mol. The van der Waals surface area contributed by atoms with Crippen molar-refractivity contribution in [2.45, 2.75) is 51.4 Å². The summed E-state index contributed by atoms with van der Waals surface area (Å²) in [5.41, 5.74) is 0. The lowest BCUT2D eigenvalue weighted by atomic mass is 9.87. The Balaban J connectivity index is 1.60. The quantitative estimate of drug-likeness (QED) is 0.647. The molecule has 0 amide bonds. The van der Waals surface area contributed by atoms with E-state index in [4.69, 9.17) is 0 Å². The zero-order valence-corrected chi connectivity index (χ0v) is 8.80. The zero-order valence-electron chi connectivity index (χ0n) is 8.80. The van der Waals surface area contributed by atoms with Gasteiger partial charge in [0.2, 0.25) is 0 Å². The molecule has 0 spiro atoms. The molecule has 1 saturated carbocycles. The normalized spacial score (nSPS) is 26.8. The highest BCUT2D eigenvalue weighted by molar-refractivity contribution is 4.71. The third kappa shape index (κ3) is 2.98. The summed E-state index contributed by atoms with van der Waals surface area (Å²) in [6, 6.07) is 0. The number of hydrogen-bond acceptors (Lipinski definition) is 1. The predicted octanol–water partition coefficient (Wildman–Crippen LogP) is 3.05. The van der Waals surface area contributed by atoms with Crippen molar-refractivity contribution in [3.05, 3.63) is 0 Å². The van der Waals surface area contributed by atoms with Crippen LogP contribution in [0.3, 0.4) is 0 Å². The Morgan fingerprint density at radius 2 is 1.54 bits per heavy atom. The Morgan fingerprint density at radius 3 is 2.23 bits per heavy atom. The molecule has 1 heterocycles. The van der Waals surface area contributed by atoms with Crippen molar-refractivity contribution < 1.29 is 0 Å². The van der Waals surface area contributed by atoms with Crippen LogP contribution in [0, 0.1) is 5.92 Å². The lowest BCUT2D eigenvalue weighted by molar-refractivity contribution is 0.266. The maximum absolute atomic E-state index is 2.66. The third-order valence-electron chi connectivity index (χ3n) is 3.78. The van der Waals surface area contributed by atoms with E-state index in [9.17, 15) is 0 Å². The standard InChI is InChI=1S/C12H23N/c1-2-6-12(7-3-1)8-11-13-9-4-5-10-13/h12H,1-11H2. The monoisotopic (exact) mass is 181 g/mol. The third-order valence-corrected chi connectivity index (χ3v) is 3.78. The van der Waals surface area contributed by atoms with Gasteiger partial charge in [0.05, 0.1) is 0 Å². The molecule has 1 saturated heterocycles. The van der Waals surface area contributed by atoms with Crippen LogP contribution in [0.5, 0.6) is 0 Å². The van der Waals surface area contributed by atoms with Gasteiger partial charge in [-0.15, -0.1) is 0 Å². The molecule has 1 aliphatic heterocycles. The molecule has 0 aromatic carbocycles. The highest BCUT2D eigenvalue weighted by Gasteiger charge is 2.16. The Kier molecular flexibility index (Phi) is 3.65. The number of rotatable bonds is 3. The van der Waals surface area contributed by atoms with Crippen molar-refractivity contribution in [3.63, 3.8) is 0 Å². The summed E-state index contributed by atoms with van der Waals surface area (Å²) in [5, 5.41) is 0. The maximum Gasteiger partial charge on any atom is -0.00161 e. The summed E-state index contributed by atoms with van der Waals surface area (Å²) in [4.78, 5) is 2.66. The maximum atomic E-state index is 2.66. The summed E-state index contributed by atoms with van der Waals surface area (Å²) >= 11 is 0. The SMILES string of the molecule is C1CCC(CCN2CCCC2)CC1. The minimum atomic E-state index is 1.08. The van der Waals surface area contributed by atoms with Gasteiger partial charge in [-0.3, -0.25) is 0 Å². The molecule has 1 aliphatic carbocycles. The first-order chi connectivity index (χ1) is 6.45. The molecule has 0 aromatic heterocycles. The first-order valence-corrected chi connectivity index (χ1v) is 6.17. The smallest absolute Gasteiger partial charge is 0.00161 e. The molecule has 13 heavy (non-hydrogen) atoms. The number of nitrogens with zero attached hydrogens (tertiary/aromatic N) is 1. The van der Waals surface area contributed by atoms with Crippen LogP contribution in [0.25, 0.3) is 0 Å². The molecule has 2 rings (SSSR count). The average molecular weight is 181 g/mol. The molecule has 0 unspecified atom stereocenters. The van der Waals surface area contributed by atoms with Crippen LogP contribution in [0.2, 0.25) is 0 Å². The van der Waals surface area contributed by atoms with Gasteiger partial charge in [-0.1, -0.05) is 32.1 Å². The van der Waals surface area contributed by atoms with Crippen molar-refractivity contribution in [1.29, 1.82) is 0 Å². The van der Waals surface area contributed by atoms with Gasteiger partial charge in [0.25, 0.3) is 0 Å². The Hall–Kier alpha value is -0.0400. The largest absolute Gasteiger partial charge is 0.303 e. The van der Waals surface area contributed by atoms with Gasteiger partial charge < -0.3 is 4.90 Å². The molecule has 2 fully saturated rings. The molecule has 76 valence electrons. The second kappa shape index (κ2) is 4.99. The Morgan fingerprint density at radius 1 is 0.846 bits per heavy atom. The van der Waals surface area contributed by atoms with E-state index in [1.54, 1.807) is 0 Å². The van der Waals surface area contributed by atoms with Crippen molar-refractivity contribution in [3.8, 4) is 0 Å². The molecule has 0 atom stereocenters. The molecular weight excluding hydrogens is 158 g/mol. The molecule has 1 nitrogen and oxygen atoms in total. The highest BCUT2D eigenvalue weighted by Crippen LogP contribution is 2.26. The molecule has 0 aromatic rings. The topological polar surface area (TPSA) is 3.24 Å². The van der Waals surface area contributed by atoms with Crippen LogP contribution >= 0.6 is 0 Å². The minimum Gasteiger partial charge on any atom is -0.303 e. The van der Waals surface area contributed by atoms with Crippen molar-refractivity contribution in [2.24, 2.45) is 5.92 Å². The van der Waals surface area contributed by atoms with Crippen molar-refractivity contribution >= 4 is 0 Å². The number of likely N-dealkylation sites (tertiary alicyclic amines) is 1. The van der Waals surface area contributed by atoms with Crippen LogP contribution in [0.1, 0.15) is 51.4 Å². The minimum absolute atomic E-state index is 1.08. The number of hydrogen-bond donors (Lipinski definition) is 0. The van der Waals surface area contributed by atoms with Gasteiger partial charge >= 0.3 is 0 Å². The molecule has 0 radical (unpaired) electrons. The zero-order chi connectivity index (χ0) is 8.93.